The van der Waals surface area contributed by atoms with Crippen molar-refractivity contribution in [3.63, 3.8) is 0 Å². The lowest BCUT2D eigenvalue weighted by atomic mass is 9.96. The summed E-state index contributed by atoms with van der Waals surface area (Å²) in [6.45, 7) is 0.569. The number of alkyl halides is 3. The molecule has 0 atom stereocenters. The van der Waals surface area contributed by atoms with Gasteiger partial charge in [0.25, 0.3) is 0 Å². The Morgan fingerprint density at radius 1 is 0.857 bits per heavy atom. The predicted octanol–water partition coefficient (Wildman–Crippen LogP) is 6.29. The number of aryl methyl sites for hydroxylation is 1. The highest BCUT2D eigenvalue weighted by Gasteiger charge is 2.31. The van der Waals surface area contributed by atoms with Gasteiger partial charge in [-0.15, -0.1) is 0 Å². The third kappa shape index (κ3) is 3.38. The first-order chi connectivity index (χ1) is 13.5. The van der Waals surface area contributed by atoms with E-state index >= 15 is 0 Å². The molecular formula is C23H21F3N2. The van der Waals surface area contributed by atoms with E-state index in [-0.39, 0.29) is 0 Å². The molecule has 0 saturated carbocycles. The number of unbranched alkanes of at least 4 members (excludes halogenated alkanes) is 1. The first kappa shape index (κ1) is 18.6. The van der Waals surface area contributed by atoms with Crippen molar-refractivity contribution < 1.29 is 13.2 Å². The normalized spacial score (nSPS) is 12.1. The van der Waals surface area contributed by atoms with Crippen molar-refractivity contribution in [1.82, 2.24) is 4.98 Å². The third-order valence-corrected chi connectivity index (χ3v) is 5.17. The summed E-state index contributed by atoms with van der Waals surface area (Å²) in [5.74, 6) is 0. The maximum atomic E-state index is 13.3. The zero-order valence-electron chi connectivity index (χ0n) is 15.3. The number of nitrogens with one attached hydrogen (secondary N) is 1. The Morgan fingerprint density at radius 2 is 1.64 bits per heavy atom. The topological polar surface area (TPSA) is 41.8 Å². The zero-order valence-corrected chi connectivity index (χ0v) is 15.3. The lowest BCUT2D eigenvalue weighted by Crippen LogP contribution is -2.04. The summed E-state index contributed by atoms with van der Waals surface area (Å²) in [6, 6.07) is 18.0. The molecule has 0 spiro atoms. The zero-order chi connectivity index (χ0) is 19.7. The van der Waals surface area contributed by atoms with E-state index in [0.29, 0.717) is 18.4 Å². The fraction of sp³-hybridized carbons (Fsp3) is 0.217. The van der Waals surface area contributed by atoms with Crippen molar-refractivity contribution >= 4 is 21.7 Å². The van der Waals surface area contributed by atoms with E-state index in [1.807, 2.05) is 42.5 Å². The second-order valence-corrected chi connectivity index (χ2v) is 7.01. The lowest BCUT2D eigenvalue weighted by Gasteiger charge is -2.09. The molecule has 0 bridgehead atoms. The number of benzene rings is 3. The van der Waals surface area contributed by atoms with Crippen molar-refractivity contribution in [2.45, 2.75) is 25.4 Å². The van der Waals surface area contributed by atoms with Gasteiger partial charge in [0.05, 0.1) is 11.3 Å². The van der Waals surface area contributed by atoms with Crippen LogP contribution in [0.3, 0.4) is 0 Å². The molecule has 4 rings (SSSR count). The molecule has 28 heavy (non-hydrogen) atoms. The number of aromatic amines is 1. The fourth-order valence-electron chi connectivity index (χ4n) is 3.80. The minimum absolute atomic E-state index is 0.569. The Kier molecular flexibility index (Phi) is 4.85. The Balaban J connectivity index is 1.95. The van der Waals surface area contributed by atoms with Crippen LogP contribution in [0.15, 0.2) is 60.7 Å². The molecule has 3 N–H and O–H groups in total. The smallest absolute Gasteiger partial charge is 0.354 e. The van der Waals surface area contributed by atoms with Gasteiger partial charge in [0.15, 0.2) is 0 Å². The summed E-state index contributed by atoms with van der Waals surface area (Å²) in [5, 5.41) is 2.81. The van der Waals surface area contributed by atoms with Gasteiger partial charge in [-0.3, -0.25) is 0 Å². The molecule has 0 fully saturated rings. The average molecular weight is 382 g/mol. The monoisotopic (exact) mass is 382 g/mol. The van der Waals surface area contributed by atoms with E-state index in [1.165, 1.54) is 12.1 Å². The highest BCUT2D eigenvalue weighted by molar-refractivity contribution is 6.00. The Morgan fingerprint density at radius 3 is 2.43 bits per heavy atom. The molecule has 0 amide bonds. The van der Waals surface area contributed by atoms with Crippen LogP contribution in [0, 0.1) is 0 Å². The predicted molar refractivity (Wildman–Crippen MR) is 108 cm³/mol. The van der Waals surface area contributed by atoms with Gasteiger partial charge in [-0.1, -0.05) is 42.5 Å². The highest BCUT2D eigenvalue weighted by Crippen LogP contribution is 2.38. The summed E-state index contributed by atoms with van der Waals surface area (Å²) in [5.41, 5.74) is 8.55. The summed E-state index contributed by atoms with van der Waals surface area (Å²) >= 11 is 0. The number of hydrogen-bond donors (Lipinski definition) is 2. The number of aromatic nitrogens is 1. The van der Waals surface area contributed by atoms with Crippen molar-refractivity contribution in [2.75, 3.05) is 6.54 Å². The quantitative estimate of drug-likeness (QED) is 0.391. The Hall–Kier alpha value is -2.79. The number of fused-ring (bicyclic) bond motifs is 2. The van der Waals surface area contributed by atoms with Gasteiger partial charge in [-0.25, -0.2) is 0 Å². The van der Waals surface area contributed by atoms with Crippen LogP contribution in [-0.4, -0.2) is 11.5 Å². The van der Waals surface area contributed by atoms with Crippen LogP contribution in [0.25, 0.3) is 32.9 Å². The average Bonchev–Trinajstić information content (AvgIpc) is 3.05. The van der Waals surface area contributed by atoms with Crippen LogP contribution in [-0.2, 0) is 12.6 Å². The molecule has 1 heterocycles. The van der Waals surface area contributed by atoms with Gasteiger partial charge in [0.2, 0.25) is 0 Å². The molecule has 2 nitrogen and oxygen atoms in total. The van der Waals surface area contributed by atoms with Crippen LogP contribution >= 0.6 is 0 Å². The van der Waals surface area contributed by atoms with Gasteiger partial charge < -0.3 is 10.7 Å². The highest BCUT2D eigenvalue weighted by atomic mass is 19.4. The van der Waals surface area contributed by atoms with Crippen LogP contribution in [0.1, 0.15) is 24.0 Å². The van der Waals surface area contributed by atoms with E-state index < -0.39 is 11.7 Å². The number of nitrogens with two attached hydrogens (primary N) is 1. The van der Waals surface area contributed by atoms with Crippen molar-refractivity contribution in [1.29, 1.82) is 0 Å². The molecule has 144 valence electrons. The SMILES string of the molecule is NCCCCc1c(-c2cccc3ccccc23)[nH]c2ccc(C(F)(F)F)cc12. The standard InChI is InChI=1S/C23H21F3N2/c24-23(25,26)16-11-12-21-20(14-16)19(9-3-4-13-27)22(28-21)18-10-5-7-15-6-1-2-8-17(15)18/h1-2,5-8,10-12,14,28H,3-4,9,13,27H2. The van der Waals surface area contributed by atoms with E-state index in [9.17, 15) is 13.2 Å². The number of hydrogen-bond acceptors (Lipinski definition) is 1. The summed E-state index contributed by atoms with van der Waals surface area (Å²) in [7, 11) is 0. The van der Waals surface area contributed by atoms with Gasteiger partial charge in [0.1, 0.15) is 0 Å². The minimum atomic E-state index is -4.36. The molecule has 0 aliphatic rings. The van der Waals surface area contributed by atoms with E-state index in [0.717, 1.165) is 52.0 Å². The van der Waals surface area contributed by atoms with Crippen LogP contribution in [0.5, 0.6) is 0 Å². The molecule has 5 heteroatoms. The molecule has 0 unspecified atom stereocenters. The lowest BCUT2D eigenvalue weighted by molar-refractivity contribution is -0.137. The second-order valence-electron chi connectivity index (χ2n) is 7.01. The largest absolute Gasteiger partial charge is 0.416 e. The molecule has 0 aliphatic carbocycles. The van der Waals surface area contributed by atoms with Gasteiger partial charge in [-0.05, 0) is 60.3 Å². The van der Waals surface area contributed by atoms with Crippen LogP contribution in [0.2, 0.25) is 0 Å². The maximum Gasteiger partial charge on any atom is 0.416 e. The molecule has 0 aliphatic heterocycles. The molecule has 0 radical (unpaired) electrons. The van der Waals surface area contributed by atoms with Crippen molar-refractivity contribution in [2.24, 2.45) is 5.73 Å². The van der Waals surface area contributed by atoms with Gasteiger partial charge >= 0.3 is 6.18 Å². The molecular weight excluding hydrogens is 361 g/mol. The Bertz CT molecular complexity index is 1120. The van der Waals surface area contributed by atoms with Crippen molar-refractivity contribution in [3.8, 4) is 11.3 Å². The minimum Gasteiger partial charge on any atom is -0.354 e. The molecule has 0 saturated heterocycles. The number of H-pyrrole nitrogens is 1. The summed E-state index contributed by atoms with van der Waals surface area (Å²) < 4.78 is 39.8. The maximum absolute atomic E-state index is 13.3. The summed E-state index contributed by atoms with van der Waals surface area (Å²) in [4.78, 5) is 3.38. The van der Waals surface area contributed by atoms with Crippen LogP contribution in [0.4, 0.5) is 13.2 Å². The first-order valence-corrected chi connectivity index (χ1v) is 9.39. The van der Waals surface area contributed by atoms with Gasteiger partial charge in [0, 0.05) is 16.5 Å². The first-order valence-electron chi connectivity index (χ1n) is 9.39. The molecule has 3 aromatic carbocycles. The second kappa shape index (κ2) is 7.32. The summed E-state index contributed by atoms with van der Waals surface area (Å²) in [6.07, 6.45) is -2.02. The van der Waals surface area contributed by atoms with Gasteiger partial charge in [-0.2, -0.15) is 13.2 Å². The third-order valence-electron chi connectivity index (χ3n) is 5.17. The number of halogens is 3. The fourth-order valence-corrected chi connectivity index (χ4v) is 3.80. The van der Waals surface area contributed by atoms with E-state index in [4.69, 9.17) is 5.73 Å². The molecule has 1 aromatic heterocycles. The van der Waals surface area contributed by atoms with Crippen LogP contribution < -0.4 is 5.73 Å². The van der Waals surface area contributed by atoms with E-state index in [2.05, 4.69) is 4.98 Å². The Labute approximate surface area is 161 Å². The van der Waals surface area contributed by atoms with E-state index in [1.54, 1.807) is 0 Å². The number of rotatable bonds is 5. The molecule has 4 aromatic rings. The van der Waals surface area contributed by atoms with Crippen molar-refractivity contribution in [3.05, 3.63) is 71.8 Å².